The molecule has 1 rings (SSSR count). The fourth-order valence-electron chi connectivity index (χ4n) is 2.09. The van der Waals surface area contributed by atoms with Gasteiger partial charge in [0.15, 0.2) is 0 Å². The third-order valence-corrected chi connectivity index (χ3v) is 3.52. The summed E-state index contributed by atoms with van der Waals surface area (Å²) in [6.45, 7) is 4.04. The minimum atomic E-state index is -0.722. The molecule has 0 heterocycles. The Morgan fingerprint density at radius 2 is 1.94 bits per heavy atom. The van der Waals surface area contributed by atoms with E-state index < -0.39 is 5.97 Å². The van der Waals surface area contributed by atoms with Crippen LogP contribution in [-0.4, -0.2) is 35.7 Å². The predicted molar refractivity (Wildman–Crippen MR) is 67.2 cm³/mol. The molecule has 0 aromatic rings. The quantitative estimate of drug-likeness (QED) is 0.757. The molecule has 1 unspecified atom stereocenters. The Morgan fingerprint density at radius 1 is 1.33 bits per heavy atom. The molecule has 1 aliphatic carbocycles. The number of carboxylic acids is 1. The van der Waals surface area contributed by atoms with Crippen molar-refractivity contribution in [2.75, 3.05) is 6.61 Å². The van der Waals surface area contributed by atoms with Crippen molar-refractivity contribution in [2.45, 2.75) is 58.1 Å². The first-order valence-electron chi connectivity index (χ1n) is 6.66. The third kappa shape index (κ3) is 5.04. The summed E-state index contributed by atoms with van der Waals surface area (Å²) >= 11 is 0. The smallest absolute Gasteiger partial charge is 0.306 e. The van der Waals surface area contributed by atoms with E-state index in [-0.39, 0.29) is 30.6 Å². The fourth-order valence-corrected chi connectivity index (χ4v) is 2.09. The molecule has 18 heavy (non-hydrogen) atoms. The lowest BCUT2D eigenvalue weighted by Gasteiger charge is -2.26. The average Bonchev–Trinajstić information content (AvgIpc) is 2.36. The van der Waals surface area contributed by atoms with Crippen molar-refractivity contribution < 1.29 is 19.4 Å². The summed E-state index contributed by atoms with van der Waals surface area (Å²) in [6, 6.07) is 0.105. The lowest BCUT2D eigenvalue weighted by molar-refractivity contribution is -0.142. The molecule has 0 saturated heterocycles. The normalized spacial score (nSPS) is 25.4. The highest BCUT2D eigenvalue weighted by atomic mass is 16.5. The molecule has 0 aromatic carbocycles. The fraction of sp³-hybridized carbons (Fsp3) is 0.846. The van der Waals surface area contributed by atoms with Gasteiger partial charge in [-0.1, -0.05) is 6.92 Å². The Kier molecular flexibility index (Phi) is 6.12. The summed E-state index contributed by atoms with van der Waals surface area (Å²) in [6.07, 6.45) is 3.76. The van der Waals surface area contributed by atoms with Crippen LogP contribution in [0.25, 0.3) is 0 Å². The second-order valence-corrected chi connectivity index (χ2v) is 4.98. The number of carbonyl (C=O) groups excluding carboxylic acids is 1. The van der Waals surface area contributed by atoms with Gasteiger partial charge in [-0.25, -0.2) is 0 Å². The SMILES string of the molecule is CCC(C)OCC(=O)NC1CCC(C(=O)O)CC1. The van der Waals surface area contributed by atoms with Crippen molar-refractivity contribution in [3.63, 3.8) is 0 Å². The van der Waals surface area contributed by atoms with E-state index in [1.165, 1.54) is 0 Å². The van der Waals surface area contributed by atoms with E-state index >= 15 is 0 Å². The van der Waals surface area contributed by atoms with Crippen molar-refractivity contribution in [3.8, 4) is 0 Å². The molecule has 2 N–H and O–H groups in total. The van der Waals surface area contributed by atoms with Gasteiger partial charge in [0.2, 0.25) is 5.91 Å². The molecular formula is C13H23NO4. The third-order valence-electron chi connectivity index (χ3n) is 3.52. The van der Waals surface area contributed by atoms with Crippen LogP contribution in [0.15, 0.2) is 0 Å². The van der Waals surface area contributed by atoms with Crippen LogP contribution in [0.2, 0.25) is 0 Å². The van der Waals surface area contributed by atoms with Crippen LogP contribution >= 0.6 is 0 Å². The van der Waals surface area contributed by atoms with Gasteiger partial charge in [-0.15, -0.1) is 0 Å². The van der Waals surface area contributed by atoms with Crippen molar-refractivity contribution >= 4 is 11.9 Å². The van der Waals surface area contributed by atoms with Gasteiger partial charge in [-0.2, -0.15) is 0 Å². The number of hydrogen-bond donors (Lipinski definition) is 2. The molecule has 5 nitrogen and oxygen atoms in total. The van der Waals surface area contributed by atoms with E-state index in [0.717, 1.165) is 19.3 Å². The molecule has 0 bridgehead atoms. The summed E-state index contributed by atoms with van der Waals surface area (Å²) in [5.41, 5.74) is 0. The summed E-state index contributed by atoms with van der Waals surface area (Å²) < 4.78 is 5.35. The first-order chi connectivity index (χ1) is 8.52. The van der Waals surface area contributed by atoms with Gasteiger partial charge in [0.25, 0.3) is 0 Å². The van der Waals surface area contributed by atoms with E-state index in [1.807, 2.05) is 13.8 Å². The minimum absolute atomic E-state index is 0.0911. The Hall–Kier alpha value is -1.10. The molecule has 1 saturated carbocycles. The van der Waals surface area contributed by atoms with Crippen molar-refractivity contribution in [2.24, 2.45) is 5.92 Å². The van der Waals surface area contributed by atoms with Gasteiger partial charge >= 0.3 is 5.97 Å². The van der Waals surface area contributed by atoms with E-state index in [1.54, 1.807) is 0 Å². The topological polar surface area (TPSA) is 75.6 Å². The summed E-state index contributed by atoms with van der Waals surface area (Å²) in [5, 5.41) is 11.8. The van der Waals surface area contributed by atoms with Gasteiger partial charge in [-0.05, 0) is 39.0 Å². The van der Waals surface area contributed by atoms with Crippen LogP contribution in [0, 0.1) is 5.92 Å². The molecule has 1 fully saturated rings. The van der Waals surface area contributed by atoms with Crippen LogP contribution in [0.3, 0.4) is 0 Å². The standard InChI is InChI=1S/C13H23NO4/c1-3-9(2)18-8-12(15)14-11-6-4-10(5-7-11)13(16)17/h9-11H,3-8H2,1-2H3,(H,14,15)(H,16,17). The summed E-state index contributed by atoms with van der Waals surface area (Å²) in [5.74, 6) is -1.07. The molecule has 1 atom stereocenters. The van der Waals surface area contributed by atoms with E-state index in [4.69, 9.17) is 9.84 Å². The van der Waals surface area contributed by atoms with Gasteiger partial charge in [0, 0.05) is 6.04 Å². The van der Waals surface area contributed by atoms with Crippen LogP contribution in [0.4, 0.5) is 0 Å². The first-order valence-corrected chi connectivity index (χ1v) is 6.66. The average molecular weight is 257 g/mol. The number of ether oxygens (including phenoxy) is 1. The zero-order valence-electron chi connectivity index (χ0n) is 11.1. The van der Waals surface area contributed by atoms with E-state index in [0.29, 0.717) is 12.8 Å². The predicted octanol–water partition coefficient (Wildman–Crippen LogP) is 1.56. The molecule has 1 aliphatic rings. The lowest BCUT2D eigenvalue weighted by atomic mass is 9.86. The number of amides is 1. The molecule has 0 aliphatic heterocycles. The maximum atomic E-state index is 11.6. The van der Waals surface area contributed by atoms with Crippen LogP contribution in [-0.2, 0) is 14.3 Å². The van der Waals surface area contributed by atoms with Gasteiger partial charge < -0.3 is 15.2 Å². The van der Waals surface area contributed by atoms with Crippen LogP contribution in [0.1, 0.15) is 46.0 Å². The zero-order chi connectivity index (χ0) is 13.5. The largest absolute Gasteiger partial charge is 0.481 e. The van der Waals surface area contributed by atoms with Crippen molar-refractivity contribution in [1.82, 2.24) is 5.32 Å². The molecule has 104 valence electrons. The highest BCUT2D eigenvalue weighted by molar-refractivity contribution is 5.77. The summed E-state index contributed by atoms with van der Waals surface area (Å²) in [7, 11) is 0. The zero-order valence-corrected chi connectivity index (χ0v) is 11.1. The molecular weight excluding hydrogens is 234 g/mol. The molecule has 0 spiro atoms. The Bertz CT molecular complexity index is 285. The monoisotopic (exact) mass is 257 g/mol. The second-order valence-electron chi connectivity index (χ2n) is 4.98. The van der Waals surface area contributed by atoms with E-state index in [2.05, 4.69) is 5.32 Å². The van der Waals surface area contributed by atoms with Gasteiger partial charge in [-0.3, -0.25) is 9.59 Å². The Morgan fingerprint density at radius 3 is 2.44 bits per heavy atom. The van der Waals surface area contributed by atoms with Crippen LogP contribution < -0.4 is 5.32 Å². The highest BCUT2D eigenvalue weighted by Crippen LogP contribution is 2.24. The lowest BCUT2D eigenvalue weighted by Crippen LogP contribution is -2.40. The van der Waals surface area contributed by atoms with Gasteiger partial charge in [0.05, 0.1) is 12.0 Å². The molecule has 1 amide bonds. The Labute approximate surface area is 108 Å². The minimum Gasteiger partial charge on any atom is -0.481 e. The maximum Gasteiger partial charge on any atom is 0.306 e. The number of hydrogen-bond acceptors (Lipinski definition) is 3. The maximum absolute atomic E-state index is 11.6. The second kappa shape index (κ2) is 7.36. The molecule has 0 aromatic heterocycles. The summed E-state index contributed by atoms with van der Waals surface area (Å²) in [4.78, 5) is 22.4. The van der Waals surface area contributed by atoms with E-state index in [9.17, 15) is 9.59 Å². The highest BCUT2D eigenvalue weighted by Gasteiger charge is 2.26. The van der Waals surface area contributed by atoms with Crippen molar-refractivity contribution in [3.05, 3.63) is 0 Å². The number of nitrogens with one attached hydrogen (secondary N) is 1. The number of carboxylic acid groups (broad SMARTS) is 1. The number of rotatable bonds is 6. The number of aliphatic carboxylic acids is 1. The number of carbonyl (C=O) groups is 2. The van der Waals surface area contributed by atoms with Gasteiger partial charge in [0.1, 0.15) is 6.61 Å². The molecule has 0 radical (unpaired) electrons. The molecule has 5 heteroatoms. The first kappa shape index (κ1) is 15.0. The Balaban J connectivity index is 2.20. The van der Waals surface area contributed by atoms with Crippen molar-refractivity contribution in [1.29, 1.82) is 0 Å². The van der Waals surface area contributed by atoms with Crippen LogP contribution in [0.5, 0.6) is 0 Å².